The molecule has 3 aromatic rings. The van der Waals surface area contributed by atoms with Crippen LogP contribution in [-0.4, -0.2) is 31.6 Å². The summed E-state index contributed by atoms with van der Waals surface area (Å²) in [4.78, 5) is 13.2. The highest BCUT2D eigenvalue weighted by Gasteiger charge is 2.17. The van der Waals surface area contributed by atoms with E-state index < -0.39 is 0 Å². The summed E-state index contributed by atoms with van der Waals surface area (Å²) in [5.74, 6) is 1.91. The van der Waals surface area contributed by atoms with Gasteiger partial charge in [-0.2, -0.15) is 0 Å². The van der Waals surface area contributed by atoms with Gasteiger partial charge in [-0.05, 0) is 29.6 Å². The van der Waals surface area contributed by atoms with Gasteiger partial charge in [0.15, 0.2) is 11.5 Å². The van der Waals surface area contributed by atoms with Gasteiger partial charge in [-0.25, -0.2) is 9.97 Å². The molecule has 0 unspecified atom stereocenters. The summed E-state index contributed by atoms with van der Waals surface area (Å²) in [5, 5.41) is 7.18. The van der Waals surface area contributed by atoms with Crippen LogP contribution in [0.3, 0.4) is 0 Å². The van der Waals surface area contributed by atoms with Gasteiger partial charge < -0.3 is 10.3 Å². The number of pyridine rings is 1. The molecule has 6 nitrogen and oxygen atoms in total. The lowest BCUT2D eigenvalue weighted by atomic mass is 10.1. The minimum atomic E-state index is 0.322. The minimum absolute atomic E-state index is 0.322. The molecule has 0 saturated heterocycles. The summed E-state index contributed by atoms with van der Waals surface area (Å²) in [6.45, 7) is 4.19. The number of hydrogen-bond acceptors (Lipinski definition) is 6. The van der Waals surface area contributed by atoms with Gasteiger partial charge >= 0.3 is 0 Å². The highest BCUT2D eigenvalue weighted by Crippen LogP contribution is 2.29. The smallest absolute Gasteiger partial charge is 0.180 e. The molecular weight excluding hydrogens is 260 g/mol. The van der Waals surface area contributed by atoms with Crippen molar-refractivity contribution < 1.29 is 0 Å². The summed E-state index contributed by atoms with van der Waals surface area (Å²) in [7, 11) is 1.84. The Morgan fingerprint density at radius 2 is 2.11 bits per heavy atom. The zero-order chi connectivity index (χ0) is 13.4. The molecule has 0 spiro atoms. The molecule has 0 aliphatic rings. The molecule has 0 aliphatic carbocycles. The monoisotopic (exact) mass is 274 g/mol. The Labute approximate surface area is 114 Å². The molecular formula is C12H14N6S. The van der Waals surface area contributed by atoms with Crippen LogP contribution in [0, 0.1) is 0 Å². The third-order valence-electron chi connectivity index (χ3n) is 2.88. The molecule has 3 heterocycles. The molecule has 0 bridgehead atoms. The van der Waals surface area contributed by atoms with Crippen LogP contribution in [0.5, 0.6) is 0 Å². The third-order valence-corrected chi connectivity index (χ3v) is 3.63. The number of imidazole rings is 1. The lowest BCUT2D eigenvalue weighted by molar-refractivity contribution is 0.813. The normalized spacial score (nSPS) is 11.4. The van der Waals surface area contributed by atoms with Crippen molar-refractivity contribution in [2.45, 2.75) is 19.8 Å². The van der Waals surface area contributed by atoms with Crippen molar-refractivity contribution in [2.75, 3.05) is 12.4 Å². The summed E-state index contributed by atoms with van der Waals surface area (Å²) in [6.07, 6.45) is 0. The Morgan fingerprint density at radius 1 is 1.26 bits per heavy atom. The molecule has 19 heavy (non-hydrogen) atoms. The fraction of sp³-hybridized carbons (Fsp3) is 0.333. The Kier molecular flexibility index (Phi) is 2.90. The van der Waals surface area contributed by atoms with Gasteiger partial charge in [0.1, 0.15) is 10.7 Å². The second kappa shape index (κ2) is 4.58. The van der Waals surface area contributed by atoms with Crippen LogP contribution in [0.2, 0.25) is 0 Å². The van der Waals surface area contributed by atoms with Crippen molar-refractivity contribution in [3.05, 3.63) is 17.8 Å². The zero-order valence-corrected chi connectivity index (χ0v) is 11.7. The summed E-state index contributed by atoms with van der Waals surface area (Å²) in [6, 6.07) is 3.88. The second-order valence-electron chi connectivity index (χ2n) is 4.55. The van der Waals surface area contributed by atoms with Crippen LogP contribution in [0.1, 0.15) is 25.5 Å². The first-order chi connectivity index (χ1) is 9.19. The Bertz CT molecular complexity index is 714. The Balaban J connectivity index is 2.12. The molecule has 2 N–H and O–H groups in total. The second-order valence-corrected chi connectivity index (χ2v) is 5.30. The predicted octanol–water partition coefficient (Wildman–Crippen LogP) is 2.64. The van der Waals surface area contributed by atoms with Gasteiger partial charge in [-0.15, -0.1) is 5.10 Å². The number of nitrogens with zero attached hydrogens (tertiary/aromatic N) is 4. The molecule has 0 amide bonds. The fourth-order valence-electron chi connectivity index (χ4n) is 1.88. The van der Waals surface area contributed by atoms with E-state index in [9.17, 15) is 0 Å². The van der Waals surface area contributed by atoms with Crippen LogP contribution in [-0.2, 0) is 0 Å². The summed E-state index contributed by atoms with van der Waals surface area (Å²) in [5.41, 5.74) is 2.58. The lowest BCUT2D eigenvalue weighted by Gasteiger charge is -2.00. The SMILES string of the molecule is CNc1ccc2[nH]c(-c3snnc3C(C)C)nc2n1. The first-order valence-corrected chi connectivity index (χ1v) is 6.83. The fourth-order valence-corrected chi connectivity index (χ4v) is 2.64. The largest absolute Gasteiger partial charge is 0.373 e. The molecule has 0 atom stereocenters. The van der Waals surface area contributed by atoms with Gasteiger partial charge in [0.05, 0.1) is 11.2 Å². The van der Waals surface area contributed by atoms with Gasteiger partial charge in [0, 0.05) is 7.05 Å². The van der Waals surface area contributed by atoms with E-state index in [1.54, 1.807) is 0 Å². The first-order valence-electron chi connectivity index (χ1n) is 6.06. The average Bonchev–Trinajstić information content (AvgIpc) is 3.03. The quantitative estimate of drug-likeness (QED) is 0.767. The van der Waals surface area contributed by atoms with E-state index in [0.717, 1.165) is 27.7 Å². The van der Waals surface area contributed by atoms with E-state index in [-0.39, 0.29) is 0 Å². The van der Waals surface area contributed by atoms with Crippen LogP contribution in [0.25, 0.3) is 21.9 Å². The highest BCUT2D eigenvalue weighted by atomic mass is 32.1. The predicted molar refractivity (Wildman–Crippen MR) is 76.4 cm³/mol. The molecule has 0 aliphatic heterocycles. The first kappa shape index (κ1) is 12.0. The number of anilines is 1. The van der Waals surface area contributed by atoms with Crippen LogP contribution in [0.15, 0.2) is 12.1 Å². The highest BCUT2D eigenvalue weighted by molar-refractivity contribution is 7.09. The van der Waals surface area contributed by atoms with E-state index in [1.807, 2.05) is 19.2 Å². The van der Waals surface area contributed by atoms with Gasteiger partial charge in [0.25, 0.3) is 0 Å². The number of H-pyrrole nitrogens is 1. The van der Waals surface area contributed by atoms with Crippen LogP contribution < -0.4 is 5.32 Å². The molecule has 3 aromatic heterocycles. The average molecular weight is 274 g/mol. The third kappa shape index (κ3) is 2.06. The van der Waals surface area contributed by atoms with E-state index in [0.29, 0.717) is 11.6 Å². The summed E-state index contributed by atoms with van der Waals surface area (Å²) < 4.78 is 4.02. The van der Waals surface area contributed by atoms with Crippen molar-refractivity contribution in [2.24, 2.45) is 0 Å². The van der Waals surface area contributed by atoms with E-state index in [1.165, 1.54) is 11.5 Å². The number of hydrogen-bond donors (Lipinski definition) is 2. The Morgan fingerprint density at radius 3 is 2.84 bits per heavy atom. The molecule has 0 radical (unpaired) electrons. The standard InChI is InChI=1S/C12H14N6S/c1-6(2)9-10(19-18-17-9)12-14-7-4-5-8(13-3)15-11(7)16-12/h4-6H,1-3H3,(H2,13,14,15,16). The topological polar surface area (TPSA) is 79.4 Å². The number of nitrogens with one attached hydrogen (secondary N) is 2. The van der Waals surface area contributed by atoms with Crippen molar-refractivity contribution in [3.8, 4) is 10.7 Å². The number of rotatable bonds is 3. The van der Waals surface area contributed by atoms with Crippen LogP contribution >= 0.6 is 11.5 Å². The van der Waals surface area contributed by atoms with Gasteiger partial charge in [-0.3, -0.25) is 0 Å². The maximum atomic E-state index is 4.53. The van der Waals surface area contributed by atoms with Gasteiger partial charge in [-0.1, -0.05) is 18.3 Å². The van der Waals surface area contributed by atoms with Crippen molar-refractivity contribution in [1.29, 1.82) is 0 Å². The van der Waals surface area contributed by atoms with Gasteiger partial charge in [0.2, 0.25) is 0 Å². The molecule has 0 aromatic carbocycles. The number of aromatic amines is 1. The van der Waals surface area contributed by atoms with Crippen molar-refractivity contribution >= 4 is 28.5 Å². The molecule has 7 heteroatoms. The Hall–Kier alpha value is -2.02. The number of aromatic nitrogens is 5. The van der Waals surface area contributed by atoms with E-state index in [2.05, 4.69) is 43.7 Å². The van der Waals surface area contributed by atoms with Crippen molar-refractivity contribution in [1.82, 2.24) is 24.5 Å². The van der Waals surface area contributed by atoms with E-state index >= 15 is 0 Å². The zero-order valence-electron chi connectivity index (χ0n) is 10.9. The number of fused-ring (bicyclic) bond motifs is 1. The minimum Gasteiger partial charge on any atom is -0.373 e. The molecule has 0 fully saturated rings. The maximum absolute atomic E-state index is 4.53. The van der Waals surface area contributed by atoms with E-state index in [4.69, 9.17) is 0 Å². The maximum Gasteiger partial charge on any atom is 0.180 e. The van der Waals surface area contributed by atoms with Crippen LogP contribution in [0.4, 0.5) is 5.82 Å². The lowest BCUT2D eigenvalue weighted by Crippen LogP contribution is -1.91. The molecule has 0 saturated carbocycles. The molecule has 98 valence electrons. The molecule has 3 rings (SSSR count). The summed E-state index contributed by atoms with van der Waals surface area (Å²) >= 11 is 1.36. The van der Waals surface area contributed by atoms with Crippen molar-refractivity contribution in [3.63, 3.8) is 0 Å².